The van der Waals surface area contributed by atoms with Crippen molar-refractivity contribution in [3.05, 3.63) is 59.4 Å². The molecule has 0 radical (unpaired) electrons. The Hall–Kier alpha value is -2.16. The van der Waals surface area contributed by atoms with E-state index in [-0.39, 0.29) is 0 Å². The topological polar surface area (TPSA) is 41.2 Å². The highest BCUT2D eigenvalue weighted by Gasteiger charge is 2.21. The predicted molar refractivity (Wildman–Crippen MR) is 143 cm³/mol. The molecule has 0 atom stereocenters. The van der Waals surface area contributed by atoms with Gasteiger partial charge >= 0.3 is 5.97 Å². The molecule has 0 aliphatic rings. The van der Waals surface area contributed by atoms with Crippen molar-refractivity contribution in [1.29, 1.82) is 0 Å². The number of hydrogen-bond donors (Lipinski definition) is 1. The summed E-state index contributed by atoms with van der Waals surface area (Å²) >= 11 is 0. The number of unbranched alkanes of at least 4 members (excludes halogenated alkanes) is 15. The van der Waals surface area contributed by atoms with E-state index < -0.39 is 5.97 Å². The molecule has 0 fully saturated rings. The molecule has 3 heteroatoms. The van der Waals surface area contributed by atoms with Crippen LogP contribution in [-0.4, -0.2) is 11.1 Å². The molecule has 1 aromatic heterocycles. The quantitative estimate of drug-likeness (QED) is 0.166. The van der Waals surface area contributed by atoms with Crippen molar-refractivity contribution in [2.75, 3.05) is 0 Å². The highest BCUT2D eigenvalue weighted by atomic mass is 16.4. The van der Waals surface area contributed by atoms with Gasteiger partial charge in [0.05, 0.1) is 5.56 Å². The van der Waals surface area contributed by atoms with Crippen LogP contribution < -0.4 is 4.57 Å². The van der Waals surface area contributed by atoms with Gasteiger partial charge < -0.3 is 5.11 Å². The normalized spacial score (nSPS) is 11.1. The summed E-state index contributed by atoms with van der Waals surface area (Å²) in [7, 11) is 0. The van der Waals surface area contributed by atoms with Crippen molar-refractivity contribution in [2.45, 2.75) is 123 Å². The van der Waals surface area contributed by atoms with Crippen LogP contribution in [0.25, 0.3) is 5.69 Å². The number of rotatable bonds is 19. The van der Waals surface area contributed by atoms with Gasteiger partial charge in [-0.25, -0.2) is 4.79 Å². The Bertz CT molecular complexity index is 816. The van der Waals surface area contributed by atoms with E-state index in [1.165, 1.54) is 96.3 Å². The van der Waals surface area contributed by atoms with Gasteiger partial charge in [-0.3, -0.25) is 0 Å². The van der Waals surface area contributed by atoms with Crippen molar-refractivity contribution in [3.63, 3.8) is 0 Å². The number of para-hydroxylation sites is 1. The maximum atomic E-state index is 11.8. The van der Waals surface area contributed by atoms with Crippen LogP contribution >= 0.6 is 0 Å². The molecule has 188 valence electrons. The summed E-state index contributed by atoms with van der Waals surface area (Å²) in [5, 5.41) is 9.68. The van der Waals surface area contributed by atoms with Crippen LogP contribution in [0.1, 0.15) is 131 Å². The third kappa shape index (κ3) is 10.4. The van der Waals surface area contributed by atoms with E-state index in [0.717, 1.165) is 29.8 Å². The molecule has 1 aromatic carbocycles. The molecule has 0 aliphatic carbocycles. The summed E-state index contributed by atoms with van der Waals surface area (Å²) in [6.07, 6.45) is 24.3. The van der Waals surface area contributed by atoms with Crippen molar-refractivity contribution in [1.82, 2.24) is 0 Å². The molecule has 2 rings (SSSR count). The fraction of sp³-hybridized carbons (Fsp3) is 0.613. The molecule has 0 saturated carbocycles. The Morgan fingerprint density at radius 1 is 0.706 bits per heavy atom. The number of carbonyl (C=O) groups is 1. The molecule has 0 amide bonds. The molecular weight excluding hydrogens is 418 g/mol. The average Bonchev–Trinajstić information content (AvgIpc) is 2.84. The fourth-order valence-electron chi connectivity index (χ4n) is 4.94. The Labute approximate surface area is 208 Å². The Morgan fingerprint density at radius 2 is 1.18 bits per heavy atom. The molecule has 1 N–H and O–H groups in total. The predicted octanol–water partition coefficient (Wildman–Crippen LogP) is 8.77. The standard InChI is InChI=1S/C31H47NO2/c1-3-4-5-6-7-8-9-10-11-12-13-14-15-16-17-21-24-29-27(2)32(26-25-30(29)31(33)34)28-22-19-18-20-23-28/h18-20,22-23,25-26H,3-17,21,24H2,1-2H3/p+1. The first kappa shape index (κ1) is 28.1. The molecule has 1 heterocycles. The molecule has 0 unspecified atom stereocenters. The maximum Gasteiger partial charge on any atom is 0.336 e. The molecule has 34 heavy (non-hydrogen) atoms. The third-order valence-electron chi connectivity index (χ3n) is 7.06. The van der Waals surface area contributed by atoms with Gasteiger partial charge in [0.2, 0.25) is 5.69 Å². The van der Waals surface area contributed by atoms with Gasteiger partial charge in [0, 0.05) is 30.7 Å². The van der Waals surface area contributed by atoms with Crippen LogP contribution in [-0.2, 0) is 6.42 Å². The Kier molecular flexibility index (Phi) is 14.3. The third-order valence-corrected chi connectivity index (χ3v) is 7.06. The maximum absolute atomic E-state index is 11.8. The number of carboxylic acid groups (broad SMARTS) is 1. The lowest BCUT2D eigenvalue weighted by Crippen LogP contribution is -2.36. The number of carboxylic acids is 1. The first-order valence-corrected chi connectivity index (χ1v) is 14.0. The smallest absolute Gasteiger partial charge is 0.336 e. The van der Waals surface area contributed by atoms with Gasteiger partial charge in [-0.15, -0.1) is 0 Å². The summed E-state index contributed by atoms with van der Waals surface area (Å²) in [5.41, 5.74) is 3.53. The van der Waals surface area contributed by atoms with Crippen LogP contribution in [0.4, 0.5) is 0 Å². The summed E-state index contributed by atoms with van der Waals surface area (Å²) in [4.78, 5) is 11.8. The number of hydrogen-bond acceptors (Lipinski definition) is 1. The van der Waals surface area contributed by atoms with Crippen LogP contribution in [0.15, 0.2) is 42.6 Å². The molecule has 0 aliphatic heterocycles. The highest BCUT2D eigenvalue weighted by Crippen LogP contribution is 2.18. The van der Waals surface area contributed by atoms with Crippen molar-refractivity contribution < 1.29 is 14.5 Å². The first-order chi connectivity index (χ1) is 16.6. The Morgan fingerprint density at radius 3 is 1.65 bits per heavy atom. The second-order valence-electron chi connectivity index (χ2n) is 9.86. The fourth-order valence-corrected chi connectivity index (χ4v) is 4.94. The largest absolute Gasteiger partial charge is 0.478 e. The highest BCUT2D eigenvalue weighted by molar-refractivity contribution is 5.89. The Balaban J connectivity index is 1.60. The first-order valence-electron chi connectivity index (χ1n) is 14.0. The van der Waals surface area contributed by atoms with Crippen LogP contribution in [0.3, 0.4) is 0 Å². The molecule has 0 bridgehead atoms. The average molecular weight is 467 g/mol. The van der Waals surface area contributed by atoms with Crippen molar-refractivity contribution >= 4 is 5.97 Å². The number of benzene rings is 1. The van der Waals surface area contributed by atoms with Crippen molar-refractivity contribution in [3.8, 4) is 5.69 Å². The zero-order valence-corrected chi connectivity index (χ0v) is 21.9. The lowest BCUT2D eigenvalue weighted by atomic mass is 9.98. The van der Waals surface area contributed by atoms with E-state index in [4.69, 9.17) is 0 Å². The number of nitrogens with zero attached hydrogens (tertiary/aromatic N) is 1. The summed E-state index contributed by atoms with van der Waals surface area (Å²) in [6.45, 7) is 4.32. The number of aromatic carboxylic acids is 1. The second-order valence-corrected chi connectivity index (χ2v) is 9.86. The molecule has 0 saturated heterocycles. The monoisotopic (exact) mass is 466 g/mol. The van der Waals surface area contributed by atoms with E-state index in [1.54, 1.807) is 6.07 Å². The van der Waals surface area contributed by atoms with Gasteiger partial charge in [0.15, 0.2) is 11.9 Å². The summed E-state index contributed by atoms with van der Waals surface area (Å²) in [6, 6.07) is 11.9. The molecular formula is C31H48NO2+. The molecule has 2 aromatic rings. The number of aromatic nitrogens is 1. The van der Waals surface area contributed by atoms with Crippen LogP contribution in [0, 0.1) is 6.92 Å². The summed E-state index contributed by atoms with van der Waals surface area (Å²) < 4.78 is 2.11. The number of pyridine rings is 1. The van der Waals surface area contributed by atoms with E-state index in [9.17, 15) is 9.90 Å². The van der Waals surface area contributed by atoms with Crippen molar-refractivity contribution in [2.24, 2.45) is 0 Å². The minimum atomic E-state index is -0.824. The van der Waals surface area contributed by atoms with Gasteiger partial charge in [0.25, 0.3) is 0 Å². The zero-order chi connectivity index (χ0) is 24.4. The minimum Gasteiger partial charge on any atom is -0.478 e. The van der Waals surface area contributed by atoms with Gasteiger partial charge in [-0.1, -0.05) is 121 Å². The molecule has 3 nitrogen and oxygen atoms in total. The zero-order valence-electron chi connectivity index (χ0n) is 21.9. The van der Waals surface area contributed by atoms with Crippen LogP contribution in [0.2, 0.25) is 0 Å². The van der Waals surface area contributed by atoms with E-state index in [0.29, 0.717) is 5.56 Å². The minimum absolute atomic E-state index is 0.450. The van der Waals surface area contributed by atoms with Gasteiger partial charge in [0.1, 0.15) is 0 Å². The van der Waals surface area contributed by atoms with E-state index in [2.05, 4.69) is 23.6 Å². The molecule has 0 spiro atoms. The van der Waals surface area contributed by atoms with Crippen LogP contribution in [0.5, 0.6) is 0 Å². The lowest BCUT2D eigenvalue weighted by Gasteiger charge is -2.09. The van der Waals surface area contributed by atoms with E-state index >= 15 is 0 Å². The lowest BCUT2D eigenvalue weighted by molar-refractivity contribution is -0.603. The summed E-state index contributed by atoms with van der Waals surface area (Å²) in [5.74, 6) is -0.824. The van der Waals surface area contributed by atoms with Gasteiger partial charge in [-0.05, 0) is 12.8 Å². The SMILES string of the molecule is CCCCCCCCCCCCCCCCCCc1c(C(=O)O)cc[n+](-c2ccccc2)c1C. The second kappa shape index (κ2) is 17.3. The van der Waals surface area contributed by atoms with E-state index in [1.807, 2.05) is 31.3 Å². The van der Waals surface area contributed by atoms with Gasteiger partial charge in [-0.2, -0.15) is 4.57 Å².